The molecule has 0 saturated heterocycles. The molecule has 0 aliphatic carbocycles. The number of Topliss-reactive ketones (excluding diaryl/α,β-unsaturated/α-hetero) is 1. The highest BCUT2D eigenvalue weighted by atomic mass is 16.1. The number of nitrogens with two attached hydrogens (primary N) is 1. The molecule has 0 atom stereocenters. The maximum Gasteiger partial charge on any atom is 0.167 e. The van der Waals surface area contributed by atoms with Crippen LogP contribution in [0.5, 0.6) is 0 Å². The van der Waals surface area contributed by atoms with Crippen LogP contribution in [0.2, 0.25) is 0 Å². The van der Waals surface area contributed by atoms with E-state index in [-0.39, 0.29) is 5.78 Å². The van der Waals surface area contributed by atoms with Crippen LogP contribution in [0, 0.1) is 12.8 Å². The predicted octanol–water partition coefficient (Wildman–Crippen LogP) is 2.20. The van der Waals surface area contributed by atoms with Crippen LogP contribution in [-0.4, -0.2) is 10.8 Å². The number of aromatic nitrogens is 1. The Morgan fingerprint density at radius 3 is 2.71 bits per heavy atom. The normalized spacial score (nSPS) is 10.6. The number of aryl methyl sites for hydroxylation is 1. The van der Waals surface area contributed by atoms with Gasteiger partial charge in [-0.3, -0.25) is 4.79 Å². The first-order valence-electron chi connectivity index (χ1n) is 4.76. The lowest BCUT2D eigenvalue weighted by Crippen LogP contribution is -2.10. The van der Waals surface area contributed by atoms with Crippen molar-refractivity contribution in [2.75, 3.05) is 5.73 Å². The molecule has 1 aromatic heterocycles. The molecule has 0 amide bonds. The van der Waals surface area contributed by atoms with Crippen LogP contribution in [-0.2, 0) is 0 Å². The van der Waals surface area contributed by atoms with E-state index in [1.54, 1.807) is 6.20 Å². The second kappa shape index (κ2) is 4.22. The lowest BCUT2D eigenvalue weighted by molar-refractivity contribution is 0.0968. The van der Waals surface area contributed by atoms with Crippen molar-refractivity contribution in [3.63, 3.8) is 0 Å². The Morgan fingerprint density at radius 2 is 2.21 bits per heavy atom. The monoisotopic (exact) mass is 192 g/mol. The molecule has 1 aromatic rings. The molecule has 0 bridgehead atoms. The standard InChI is InChI=1S/C11H16N2O/c1-7(2)6-9(14)10-8(3)4-5-13-11(10)12/h4-5,7H,6H2,1-3H3,(H2,12,13). The summed E-state index contributed by atoms with van der Waals surface area (Å²) in [5.74, 6) is 0.778. The number of pyridine rings is 1. The van der Waals surface area contributed by atoms with Crippen LogP contribution < -0.4 is 5.73 Å². The van der Waals surface area contributed by atoms with Gasteiger partial charge in [0.15, 0.2) is 5.78 Å². The fourth-order valence-corrected chi connectivity index (χ4v) is 1.41. The van der Waals surface area contributed by atoms with E-state index in [4.69, 9.17) is 5.73 Å². The molecule has 2 N–H and O–H groups in total. The lowest BCUT2D eigenvalue weighted by Gasteiger charge is -2.08. The van der Waals surface area contributed by atoms with Crippen LogP contribution in [0.4, 0.5) is 5.82 Å². The Labute approximate surface area is 84.3 Å². The maximum absolute atomic E-state index is 11.8. The number of carbonyl (C=O) groups is 1. The quantitative estimate of drug-likeness (QED) is 0.747. The van der Waals surface area contributed by atoms with E-state index in [1.807, 2.05) is 26.8 Å². The molecule has 0 fully saturated rings. The van der Waals surface area contributed by atoms with Gasteiger partial charge < -0.3 is 5.73 Å². The first kappa shape index (κ1) is 10.7. The van der Waals surface area contributed by atoms with Crippen LogP contribution in [0.1, 0.15) is 36.2 Å². The molecule has 1 heterocycles. The maximum atomic E-state index is 11.8. The van der Waals surface area contributed by atoms with Gasteiger partial charge in [-0.05, 0) is 24.5 Å². The highest BCUT2D eigenvalue weighted by Crippen LogP contribution is 2.17. The summed E-state index contributed by atoms with van der Waals surface area (Å²) in [5, 5.41) is 0. The van der Waals surface area contributed by atoms with Gasteiger partial charge in [-0.25, -0.2) is 4.98 Å². The van der Waals surface area contributed by atoms with Crippen molar-refractivity contribution < 1.29 is 4.79 Å². The van der Waals surface area contributed by atoms with Crippen LogP contribution in [0.3, 0.4) is 0 Å². The summed E-state index contributed by atoms with van der Waals surface area (Å²) in [5.41, 5.74) is 7.16. The van der Waals surface area contributed by atoms with Gasteiger partial charge >= 0.3 is 0 Å². The van der Waals surface area contributed by atoms with Gasteiger partial charge in [-0.15, -0.1) is 0 Å². The number of nitrogen functional groups attached to an aromatic ring is 1. The van der Waals surface area contributed by atoms with Crippen molar-refractivity contribution in [2.24, 2.45) is 5.92 Å². The number of carbonyl (C=O) groups excluding carboxylic acids is 1. The van der Waals surface area contributed by atoms with Gasteiger partial charge in [0.05, 0.1) is 5.56 Å². The van der Waals surface area contributed by atoms with E-state index in [0.29, 0.717) is 23.7 Å². The molecule has 3 heteroatoms. The summed E-state index contributed by atoms with van der Waals surface area (Å²) in [6.45, 7) is 5.91. The van der Waals surface area contributed by atoms with Gasteiger partial charge in [-0.1, -0.05) is 13.8 Å². The fourth-order valence-electron chi connectivity index (χ4n) is 1.41. The van der Waals surface area contributed by atoms with Crippen molar-refractivity contribution in [1.29, 1.82) is 0 Å². The van der Waals surface area contributed by atoms with Crippen LogP contribution in [0.25, 0.3) is 0 Å². The molecule has 0 aliphatic heterocycles. The Morgan fingerprint density at radius 1 is 1.57 bits per heavy atom. The number of rotatable bonds is 3. The van der Waals surface area contributed by atoms with Gasteiger partial charge in [0.2, 0.25) is 0 Å². The minimum Gasteiger partial charge on any atom is -0.383 e. The first-order chi connectivity index (χ1) is 6.52. The van der Waals surface area contributed by atoms with Crippen molar-refractivity contribution >= 4 is 11.6 Å². The Kier molecular flexibility index (Phi) is 3.23. The molecule has 76 valence electrons. The summed E-state index contributed by atoms with van der Waals surface area (Å²) < 4.78 is 0. The molecule has 14 heavy (non-hydrogen) atoms. The third kappa shape index (κ3) is 2.31. The molecule has 0 radical (unpaired) electrons. The molecule has 0 saturated carbocycles. The van der Waals surface area contributed by atoms with Gasteiger partial charge in [-0.2, -0.15) is 0 Å². The minimum absolute atomic E-state index is 0.0862. The van der Waals surface area contributed by atoms with Crippen molar-refractivity contribution in [1.82, 2.24) is 4.98 Å². The topological polar surface area (TPSA) is 56.0 Å². The average Bonchev–Trinajstić information content (AvgIpc) is 2.01. The largest absolute Gasteiger partial charge is 0.383 e. The summed E-state index contributed by atoms with van der Waals surface area (Å²) in [6, 6.07) is 1.81. The summed E-state index contributed by atoms with van der Waals surface area (Å²) in [4.78, 5) is 15.7. The van der Waals surface area contributed by atoms with E-state index < -0.39 is 0 Å². The van der Waals surface area contributed by atoms with E-state index in [9.17, 15) is 4.79 Å². The van der Waals surface area contributed by atoms with Crippen LogP contribution >= 0.6 is 0 Å². The smallest absolute Gasteiger partial charge is 0.167 e. The van der Waals surface area contributed by atoms with E-state index in [0.717, 1.165) is 5.56 Å². The molecular weight excluding hydrogens is 176 g/mol. The van der Waals surface area contributed by atoms with E-state index in [2.05, 4.69) is 4.98 Å². The van der Waals surface area contributed by atoms with Gasteiger partial charge in [0.25, 0.3) is 0 Å². The Hall–Kier alpha value is -1.38. The zero-order valence-electron chi connectivity index (χ0n) is 8.87. The molecule has 0 aromatic carbocycles. The Balaban J connectivity index is 3.00. The molecule has 0 aliphatic rings. The van der Waals surface area contributed by atoms with E-state index in [1.165, 1.54) is 0 Å². The van der Waals surface area contributed by atoms with E-state index >= 15 is 0 Å². The molecule has 0 unspecified atom stereocenters. The summed E-state index contributed by atoms with van der Waals surface area (Å²) in [7, 11) is 0. The zero-order valence-corrected chi connectivity index (χ0v) is 8.87. The zero-order chi connectivity index (χ0) is 10.7. The minimum atomic E-state index is 0.0862. The highest BCUT2D eigenvalue weighted by Gasteiger charge is 2.14. The van der Waals surface area contributed by atoms with Crippen molar-refractivity contribution in [2.45, 2.75) is 27.2 Å². The van der Waals surface area contributed by atoms with Crippen LogP contribution in [0.15, 0.2) is 12.3 Å². The number of anilines is 1. The number of hydrogen-bond acceptors (Lipinski definition) is 3. The van der Waals surface area contributed by atoms with Gasteiger partial charge in [0, 0.05) is 12.6 Å². The highest BCUT2D eigenvalue weighted by molar-refractivity contribution is 6.01. The Bertz CT molecular complexity index is 325. The predicted molar refractivity (Wildman–Crippen MR) is 57.2 cm³/mol. The van der Waals surface area contributed by atoms with Crippen molar-refractivity contribution in [3.8, 4) is 0 Å². The molecule has 1 rings (SSSR count). The number of nitrogens with zero attached hydrogens (tertiary/aromatic N) is 1. The molecule has 0 spiro atoms. The third-order valence-electron chi connectivity index (χ3n) is 2.06. The SMILES string of the molecule is Cc1ccnc(N)c1C(=O)CC(C)C. The summed E-state index contributed by atoms with van der Waals surface area (Å²) in [6.07, 6.45) is 2.15. The lowest BCUT2D eigenvalue weighted by atomic mass is 9.99. The fraction of sp³-hybridized carbons (Fsp3) is 0.455. The average molecular weight is 192 g/mol. The molecular formula is C11H16N2O. The van der Waals surface area contributed by atoms with Gasteiger partial charge in [0.1, 0.15) is 5.82 Å². The molecule has 3 nitrogen and oxygen atoms in total. The second-order valence-electron chi connectivity index (χ2n) is 3.91. The third-order valence-corrected chi connectivity index (χ3v) is 2.06. The first-order valence-corrected chi connectivity index (χ1v) is 4.76. The number of hydrogen-bond donors (Lipinski definition) is 1. The summed E-state index contributed by atoms with van der Waals surface area (Å²) >= 11 is 0. The van der Waals surface area contributed by atoms with Crippen molar-refractivity contribution in [3.05, 3.63) is 23.4 Å². The second-order valence-corrected chi connectivity index (χ2v) is 3.91. The number of ketones is 1.